The molecule has 2 heterocycles. The van der Waals surface area contributed by atoms with Gasteiger partial charge in [-0.25, -0.2) is 10.8 Å². The highest BCUT2D eigenvalue weighted by Gasteiger charge is 2.11. The summed E-state index contributed by atoms with van der Waals surface area (Å²) in [5.41, 5.74) is 3.76. The summed E-state index contributed by atoms with van der Waals surface area (Å²) in [5.74, 6) is 6.21. The first-order valence-electron chi connectivity index (χ1n) is 5.91. The summed E-state index contributed by atoms with van der Waals surface area (Å²) in [6.45, 7) is 1.96. The molecule has 100 valence electrons. The molecule has 0 unspecified atom stereocenters. The van der Waals surface area contributed by atoms with Crippen LogP contribution in [0.15, 0.2) is 24.4 Å². The van der Waals surface area contributed by atoms with Crippen molar-refractivity contribution in [2.45, 2.75) is 13.3 Å². The Bertz CT molecular complexity index is 569. The number of nitrogen functional groups attached to an aromatic ring is 1. The second-order valence-corrected chi connectivity index (χ2v) is 4.02. The number of carbonyl (C=O) groups excluding carboxylic acids is 1. The number of rotatable bonds is 4. The van der Waals surface area contributed by atoms with Crippen LogP contribution in [0.5, 0.6) is 0 Å². The van der Waals surface area contributed by atoms with Crippen LogP contribution in [-0.2, 0) is 13.5 Å². The van der Waals surface area contributed by atoms with Gasteiger partial charge < -0.3 is 10.7 Å². The van der Waals surface area contributed by atoms with Crippen molar-refractivity contribution >= 4 is 17.5 Å². The minimum atomic E-state index is -0.225. The molecule has 0 spiro atoms. The smallest absolute Gasteiger partial charge is 0.257 e. The number of pyridine rings is 1. The molecule has 0 bridgehead atoms. The number of amides is 1. The van der Waals surface area contributed by atoms with E-state index in [9.17, 15) is 4.79 Å². The van der Waals surface area contributed by atoms with E-state index in [-0.39, 0.29) is 5.91 Å². The zero-order valence-corrected chi connectivity index (χ0v) is 10.8. The highest BCUT2D eigenvalue weighted by atomic mass is 16.1. The Hall–Kier alpha value is -2.41. The number of aryl methyl sites for hydroxylation is 2. The summed E-state index contributed by atoms with van der Waals surface area (Å²) in [5, 5.41) is 6.76. The first kappa shape index (κ1) is 13.0. The molecule has 1 amide bonds. The van der Waals surface area contributed by atoms with E-state index < -0.39 is 0 Å². The summed E-state index contributed by atoms with van der Waals surface area (Å²) >= 11 is 0. The van der Waals surface area contributed by atoms with E-state index in [1.165, 1.54) is 0 Å². The van der Waals surface area contributed by atoms with Gasteiger partial charge in [-0.15, -0.1) is 0 Å². The molecule has 2 aromatic rings. The Morgan fingerprint density at radius 2 is 2.26 bits per heavy atom. The number of nitrogens with one attached hydrogen (secondary N) is 2. The molecule has 2 rings (SSSR count). The number of hydrogen-bond acceptors (Lipinski definition) is 5. The van der Waals surface area contributed by atoms with Gasteiger partial charge in [-0.05, 0) is 18.6 Å². The van der Waals surface area contributed by atoms with E-state index >= 15 is 0 Å². The lowest BCUT2D eigenvalue weighted by atomic mass is 10.2. The second-order valence-electron chi connectivity index (χ2n) is 4.02. The molecule has 19 heavy (non-hydrogen) atoms. The van der Waals surface area contributed by atoms with E-state index in [1.54, 1.807) is 36.1 Å². The summed E-state index contributed by atoms with van der Waals surface area (Å²) in [7, 11) is 1.76. The predicted molar refractivity (Wildman–Crippen MR) is 72.6 cm³/mol. The molecule has 0 atom stereocenters. The van der Waals surface area contributed by atoms with Gasteiger partial charge in [0.25, 0.3) is 5.91 Å². The van der Waals surface area contributed by atoms with Gasteiger partial charge in [-0.2, -0.15) is 5.10 Å². The van der Waals surface area contributed by atoms with Crippen LogP contribution in [0, 0.1) is 0 Å². The number of anilines is 2. The zero-order chi connectivity index (χ0) is 13.8. The Labute approximate surface area is 110 Å². The summed E-state index contributed by atoms with van der Waals surface area (Å²) in [4.78, 5) is 16.4. The molecule has 4 N–H and O–H groups in total. The fourth-order valence-corrected chi connectivity index (χ4v) is 1.66. The molecule has 0 aliphatic rings. The van der Waals surface area contributed by atoms with Gasteiger partial charge in [0.1, 0.15) is 11.6 Å². The fraction of sp³-hybridized carbons (Fsp3) is 0.250. The maximum Gasteiger partial charge on any atom is 0.257 e. The molecule has 2 aromatic heterocycles. The van der Waals surface area contributed by atoms with Crippen LogP contribution in [-0.4, -0.2) is 20.7 Å². The van der Waals surface area contributed by atoms with Crippen LogP contribution in [0.4, 0.5) is 11.6 Å². The van der Waals surface area contributed by atoms with Crippen LogP contribution < -0.4 is 16.6 Å². The number of carbonyl (C=O) groups is 1. The maximum absolute atomic E-state index is 12.2. The lowest BCUT2D eigenvalue weighted by Gasteiger charge is -2.08. The average Bonchev–Trinajstić information content (AvgIpc) is 2.83. The zero-order valence-electron chi connectivity index (χ0n) is 10.8. The maximum atomic E-state index is 12.2. The number of nitrogens with two attached hydrogens (primary N) is 1. The van der Waals surface area contributed by atoms with Gasteiger partial charge >= 0.3 is 0 Å². The van der Waals surface area contributed by atoms with Crippen molar-refractivity contribution in [2.75, 3.05) is 10.7 Å². The van der Waals surface area contributed by atoms with Crippen LogP contribution >= 0.6 is 0 Å². The van der Waals surface area contributed by atoms with Gasteiger partial charge in [0.15, 0.2) is 0 Å². The molecule has 0 aliphatic carbocycles. The van der Waals surface area contributed by atoms with E-state index in [0.717, 1.165) is 12.1 Å². The fourth-order valence-electron chi connectivity index (χ4n) is 1.66. The molecular weight excluding hydrogens is 244 g/mol. The van der Waals surface area contributed by atoms with Gasteiger partial charge in [-0.3, -0.25) is 9.48 Å². The molecule has 7 heteroatoms. The van der Waals surface area contributed by atoms with Crippen molar-refractivity contribution in [1.82, 2.24) is 14.8 Å². The number of aromatic nitrogens is 3. The number of nitrogens with zero attached hydrogens (tertiary/aromatic N) is 3. The van der Waals surface area contributed by atoms with Crippen LogP contribution in [0.1, 0.15) is 23.0 Å². The largest absolute Gasteiger partial charge is 0.308 e. The summed E-state index contributed by atoms with van der Waals surface area (Å²) in [6.07, 6.45) is 2.34. The van der Waals surface area contributed by atoms with Gasteiger partial charge in [0.05, 0.1) is 6.20 Å². The van der Waals surface area contributed by atoms with Crippen molar-refractivity contribution < 1.29 is 4.79 Å². The molecule has 0 aromatic carbocycles. The Morgan fingerprint density at radius 1 is 1.47 bits per heavy atom. The van der Waals surface area contributed by atoms with E-state index in [0.29, 0.717) is 17.2 Å². The first-order chi connectivity index (χ1) is 9.13. The third-order valence-electron chi connectivity index (χ3n) is 2.71. The topological polar surface area (TPSA) is 97.9 Å². The van der Waals surface area contributed by atoms with Gasteiger partial charge in [0, 0.05) is 24.4 Å². The number of hydrazine groups is 1. The highest BCUT2D eigenvalue weighted by Crippen LogP contribution is 2.13. The minimum absolute atomic E-state index is 0.225. The van der Waals surface area contributed by atoms with Crippen LogP contribution in [0.3, 0.4) is 0 Å². The summed E-state index contributed by atoms with van der Waals surface area (Å²) in [6, 6.07) is 5.07. The Kier molecular flexibility index (Phi) is 3.76. The number of hydrogen-bond donors (Lipinski definition) is 3. The third-order valence-corrected chi connectivity index (χ3v) is 2.71. The second kappa shape index (κ2) is 5.49. The Balaban J connectivity index is 2.25. The molecule has 0 fully saturated rings. The van der Waals surface area contributed by atoms with Crippen LogP contribution in [0.2, 0.25) is 0 Å². The van der Waals surface area contributed by atoms with Gasteiger partial charge in [-0.1, -0.05) is 6.92 Å². The molecule has 0 radical (unpaired) electrons. The van der Waals surface area contributed by atoms with Crippen molar-refractivity contribution in [2.24, 2.45) is 12.9 Å². The van der Waals surface area contributed by atoms with E-state index in [4.69, 9.17) is 5.84 Å². The highest BCUT2D eigenvalue weighted by molar-refractivity contribution is 6.04. The molecule has 0 aliphatic heterocycles. The molecule has 0 saturated carbocycles. The Morgan fingerprint density at radius 3 is 2.84 bits per heavy atom. The average molecular weight is 260 g/mol. The SMILES string of the molecule is CCc1cc(C(=O)Nc2ccnn2C)cc(NN)n1. The predicted octanol–water partition coefficient (Wildman–Crippen LogP) is 0.915. The lowest BCUT2D eigenvalue weighted by Crippen LogP contribution is -2.17. The van der Waals surface area contributed by atoms with Crippen molar-refractivity contribution in [3.8, 4) is 0 Å². The lowest BCUT2D eigenvalue weighted by molar-refractivity contribution is 0.102. The summed E-state index contributed by atoms with van der Waals surface area (Å²) < 4.78 is 1.59. The molecule has 7 nitrogen and oxygen atoms in total. The third kappa shape index (κ3) is 2.89. The standard InChI is InChI=1S/C12H16N6O/c1-3-9-6-8(7-10(15-9)17-13)12(19)16-11-4-5-14-18(11)2/h4-7H,3,13H2,1-2H3,(H,15,17)(H,16,19). The van der Waals surface area contributed by atoms with E-state index in [1.807, 2.05) is 6.92 Å². The normalized spacial score (nSPS) is 10.3. The molecule has 0 saturated heterocycles. The van der Waals surface area contributed by atoms with Gasteiger partial charge in [0.2, 0.25) is 0 Å². The van der Waals surface area contributed by atoms with Crippen molar-refractivity contribution in [1.29, 1.82) is 0 Å². The minimum Gasteiger partial charge on any atom is -0.308 e. The quantitative estimate of drug-likeness (QED) is 0.561. The van der Waals surface area contributed by atoms with Crippen LogP contribution in [0.25, 0.3) is 0 Å². The van der Waals surface area contributed by atoms with Crippen molar-refractivity contribution in [3.63, 3.8) is 0 Å². The monoisotopic (exact) mass is 260 g/mol. The van der Waals surface area contributed by atoms with Crippen molar-refractivity contribution in [3.05, 3.63) is 35.7 Å². The first-order valence-corrected chi connectivity index (χ1v) is 5.91. The molecular formula is C12H16N6O. The van der Waals surface area contributed by atoms with E-state index in [2.05, 4.69) is 20.8 Å².